The number of carbonyl (C=O) groups is 11. The number of aliphatic hydroxyl groups is 1. The smallest absolute Gasteiger partial charge is 0.305 e. The Morgan fingerprint density at radius 1 is 0.657 bits per heavy atom. The quantitative estimate of drug-likeness (QED) is 0.0776. The summed E-state index contributed by atoms with van der Waals surface area (Å²) in [5, 5.41) is 51.5. The fourth-order valence-corrected chi connectivity index (χ4v) is 13.7. The summed E-state index contributed by atoms with van der Waals surface area (Å²) in [7, 11) is 0. The van der Waals surface area contributed by atoms with E-state index in [9.17, 15) is 67.3 Å². The Kier molecular flexibility index (Phi) is 24.9. The van der Waals surface area contributed by atoms with Gasteiger partial charge in [-0.15, -0.1) is 0 Å². The molecule has 0 aliphatic carbocycles. The zero-order chi connectivity index (χ0) is 70.9. The van der Waals surface area contributed by atoms with Crippen molar-refractivity contribution in [1.29, 1.82) is 0 Å². The summed E-state index contributed by atoms with van der Waals surface area (Å²) in [4.78, 5) is 170. The van der Waals surface area contributed by atoms with Gasteiger partial charge in [0.05, 0.1) is 19.3 Å². The van der Waals surface area contributed by atoms with Gasteiger partial charge in [0.15, 0.2) is 0 Å². The molecule has 10 amide bonds. The first kappa shape index (κ1) is 72.9. The number of phenols is 1. The zero-order valence-electron chi connectivity index (χ0n) is 53.6. The fraction of sp³-hybridized carbons (Fsp3) is 0.373. The van der Waals surface area contributed by atoms with Gasteiger partial charge >= 0.3 is 5.97 Å². The number of benzene rings is 4. The van der Waals surface area contributed by atoms with Crippen LogP contribution < -0.4 is 48.3 Å². The average Bonchev–Trinajstić information content (AvgIpc) is 1.69. The van der Waals surface area contributed by atoms with Gasteiger partial charge in [0, 0.05) is 114 Å². The van der Waals surface area contributed by atoms with Crippen LogP contribution in [0.2, 0.25) is 0 Å². The first-order chi connectivity index (χ1) is 47.4. The molecule has 3 aromatic heterocycles. The van der Waals surface area contributed by atoms with Crippen molar-refractivity contribution in [3.05, 3.63) is 155 Å². The van der Waals surface area contributed by atoms with E-state index in [-0.39, 0.29) is 66.8 Å². The molecule has 9 rings (SSSR count). The van der Waals surface area contributed by atoms with Gasteiger partial charge in [0.1, 0.15) is 65.2 Å². The van der Waals surface area contributed by atoms with Crippen LogP contribution in [0.5, 0.6) is 5.75 Å². The van der Waals surface area contributed by atoms with Gasteiger partial charge < -0.3 is 83.4 Å². The molecular weight excluding hydrogens is 1330 g/mol. The van der Waals surface area contributed by atoms with Crippen molar-refractivity contribution in [3.63, 3.8) is 0 Å². The van der Waals surface area contributed by atoms with Gasteiger partial charge in [-0.2, -0.15) is 23.5 Å². The largest absolute Gasteiger partial charge is 0.508 e. The van der Waals surface area contributed by atoms with Crippen LogP contribution in [0, 0.1) is 11.6 Å². The van der Waals surface area contributed by atoms with Crippen molar-refractivity contribution >= 4 is 110 Å². The number of aromatic hydroxyl groups is 1. The highest BCUT2D eigenvalue weighted by molar-refractivity contribution is 7.98. The number of fused-ring (bicyclic) bond motifs is 5. The summed E-state index contributed by atoms with van der Waals surface area (Å²) in [5.74, 6) is -11.2. The number of aliphatic hydroxyl groups excluding tert-OH is 1. The minimum absolute atomic E-state index is 0.0101. The van der Waals surface area contributed by atoms with Crippen molar-refractivity contribution in [2.75, 3.05) is 31.2 Å². The van der Waals surface area contributed by atoms with Gasteiger partial charge in [-0.25, -0.2) is 13.8 Å². The van der Waals surface area contributed by atoms with E-state index in [1.807, 2.05) is 24.3 Å². The molecule has 16 N–H and O–H groups in total. The number of carboxylic acids is 1. The number of carbonyl (C=O) groups excluding carboxylic acids is 10. The molecule has 8 atom stereocenters. The Hall–Kier alpha value is -10.3. The Bertz CT molecular complexity index is 4120. The van der Waals surface area contributed by atoms with E-state index in [2.05, 4.69) is 62.5 Å². The molecule has 32 heteroatoms. The van der Waals surface area contributed by atoms with Crippen LogP contribution >= 0.6 is 23.5 Å². The van der Waals surface area contributed by atoms with Crippen molar-refractivity contribution in [2.45, 2.75) is 124 Å². The summed E-state index contributed by atoms with van der Waals surface area (Å²) >= 11 is 2.73. The zero-order valence-corrected chi connectivity index (χ0v) is 55.3. The summed E-state index contributed by atoms with van der Waals surface area (Å²) in [6.45, 7) is 0.175. The third-order valence-corrected chi connectivity index (χ3v) is 19.2. The SMILES string of the molecule is C[C@@]12CCCN1C(=O)[C@H](Cc1ccc(O)cc1)NC(=O)[C@H](Cc1cnc[nH]1)NC(=O)[C@H](CC(=O)O)NC(=O)[C@H](Cc1c[nH]c3ccc(F)cc13)NC(=O)[C@@H](Cc1c[nH]c3ccc(F)cc13)NC(=O)CNC(=O)[C@H](CCO)NC(=O)CCSCc1cccc(c1)CSC[C@@H](C(N)=O)NC2=O. The van der Waals surface area contributed by atoms with Crippen LogP contribution in [-0.4, -0.2) is 184 Å². The number of rotatable bonds is 13. The highest BCUT2D eigenvalue weighted by Gasteiger charge is 2.49. The molecule has 524 valence electrons. The van der Waals surface area contributed by atoms with Gasteiger partial charge in [-0.05, 0) is 103 Å². The van der Waals surface area contributed by atoms with E-state index in [4.69, 9.17) is 5.73 Å². The van der Waals surface area contributed by atoms with E-state index in [1.165, 1.54) is 115 Å². The fourth-order valence-electron chi connectivity index (χ4n) is 11.8. The lowest BCUT2D eigenvalue weighted by molar-refractivity contribution is -0.147. The normalized spacial score (nSPS) is 22.9. The summed E-state index contributed by atoms with van der Waals surface area (Å²) in [6.07, 6.45) is 2.93. The van der Waals surface area contributed by atoms with Crippen molar-refractivity contribution in [1.82, 2.24) is 67.4 Å². The van der Waals surface area contributed by atoms with Crippen molar-refractivity contribution in [2.24, 2.45) is 5.73 Å². The number of thioether (sulfide) groups is 2. The summed E-state index contributed by atoms with van der Waals surface area (Å²) < 4.78 is 29.7. The number of aromatic nitrogens is 4. The molecule has 28 nitrogen and oxygen atoms in total. The number of aromatic amines is 3. The van der Waals surface area contributed by atoms with Crippen molar-refractivity contribution < 1.29 is 76.8 Å². The molecule has 7 aromatic rings. The number of primary amides is 1. The van der Waals surface area contributed by atoms with Crippen LogP contribution in [0.1, 0.15) is 72.5 Å². The number of nitrogens with zero attached hydrogens (tertiary/aromatic N) is 2. The van der Waals surface area contributed by atoms with Gasteiger partial charge in [0.2, 0.25) is 59.1 Å². The third-order valence-electron chi connectivity index (χ3n) is 17.0. The molecule has 2 aliphatic heterocycles. The Balaban J connectivity index is 1.05. The number of phenolic OH excluding ortho intramolecular Hbond substituents is 1. The topological polar surface area (TPSA) is 434 Å². The minimum atomic E-state index is -2.06. The molecule has 1 saturated heterocycles. The summed E-state index contributed by atoms with van der Waals surface area (Å²) in [5.41, 5.74) is 8.06. The van der Waals surface area contributed by atoms with E-state index >= 15 is 9.59 Å². The lowest BCUT2D eigenvalue weighted by atomic mass is 9.95. The maximum absolute atomic E-state index is 15.2. The van der Waals surface area contributed by atoms with E-state index in [0.717, 1.165) is 17.2 Å². The minimum Gasteiger partial charge on any atom is -0.508 e. The molecule has 0 saturated carbocycles. The number of H-pyrrole nitrogens is 3. The van der Waals surface area contributed by atoms with E-state index < -0.39 is 157 Å². The molecule has 2 bridgehead atoms. The third kappa shape index (κ3) is 19.7. The Morgan fingerprint density at radius 3 is 1.83 bits per heavy atom. The average molecular weight is 1400 g/mol. The number of carboxylic acid groups (broad SMARTS) is 1. The van der Waals surface area contributed by atoms with Crippen LogP contribution in [0.25, 0.3) is 21.8 Å². The molecule has 99 heavy (non-hydrogen) atoms. The maximum Gasteiger partial charge on any atom is 0.305 e. The molecule has 4 aromatic carbocycles. The van der Waals surface area contributed by atoms with Gasteiger partial charge in [-0.1, -0.05) is 36.4 Å². The molecule has 0 radical (unpaired) electrons. The van der Waals surface area contributed by atoms with Gasteiger partial charge in [0.25, 0.3) is 0 Å². The number of halogens is 2. The second kappa shape index (κ2) is 33.8. The Labute approximate surface area is 573 Å². The molecular formula is C67H76F2N14O14S2. The number of aliphatic carboxylic acids is 1. The predicted octanol–water partition coefficient (Wildman–Crippen LogP) is 1.43. The first-order valence-electron chi connectivity index (χ1n) is 31.7. The number of hydrogen-bond donors (Lipinski definition) is 15. The lowest BCUT2D eigenvalue weighted by Gasteiger charge is -2.37. The predicted molar refractivity (Wildman–Crippen MR) is 360 cm³/mol. The first-order valence-corrected chi connectivity index (χ1v) is 34.1. The number of imidazole rings is 1. The highest BCUT2D eigenvalue weighted by atomic mass is 32.2. The van der Waals surface area contributed by atoms with Crippen LogP contribution in [0.3, 0.4) is 0 Å². The molecule has 0 unspecified atom stereocenters. The summed E-state index contributed by atoms with van der Waals surface area (Å²) in [6, 6.07) is 9.52. The molecule has 1 fully saturated rings. The van der Waals surface area contributed by atoms with Crippen molar-refractivity contribution in [3.8, 4) is 5.75 Å². The molecule has 0 spiro atoms. The van der Waals surface area contributed by atoms with Gasteiger partial charge in [-0.3, -0.25) is 52.7 Å². The Morgan fingerprint density at radius 2 is 1.23 bits per heavy atom. The van der Waals surface area contributed by atoms with Crippen LogP contribution in [0.4, 0.5) is 8.78 Å². The van der Waals surface area contributed by atoms with E-state index in [1.54, 1.807) is 0 Å². The van der Waals surface area contributed by atoms with Crippen LogP contribution in [0.15, 0.2) is 110 Å². The number of hydrogen-bond acceptors (Lipinski definition) is 16. The second-order valence-corrected chi connectivity index (χ2v) is 26.4. The monoisotopic (exact) mass is 1400 g/mol. The maximum atomic E-state index is 15.2. The highest BCUT2D eigenvalue weighted by Crippen LogP contribution is 2.32. The lowest BCUT2D eigenvalue weighted by Crippen LogP contribution is -2.63. The van der Waals surface area contributed by atoms with E-state index in [0.29, 0.717) is 51.2 Å². The number of nitrogens with two attached hydrogens (primary N) is 1. The number of amides is 10. The van der Waals surface area contributed by atoms with Crippen LogP contribution in [-0.2, 0) is 89.9 Å². The standard InChI is InChI=1S/C67H76F2N14O14S2/c1-67-16-3-17-83(67)65(96)54(21-36-6-10-44(85)11-7-36)81-63(94)52(26-43-30-71-35-75-43)79-64(95)53(27-58(88)89)80-62(93)51(23-40-29-73-48-13-9-42(69)25-46(40)48)78-61(92)50(22-39-28-72-47-12-8-41(68)24-45(39)47)77-57(87)31-74-60(91)49(14-18-84)76-56(86)15-19-98-32-37-4-2-5-38(20-37)33-99-34-55(59(70)90)82-66(67)97/h2,4-13,20,24-25,28-30,35,49-55,72-73,84-85H,3,14-19,21-23,26-27,31-34H2,1H3,(H2,70,90)(H,71,75)(H,74,91)(H,76,86)(H,77,87)(H,78,92)(H,79,95)(H,80,93)(H,81,94)(H,82,97)(H,88,89)/t49-,50+,51-,52-,53-,54-,55-,67-/m0/s1. The molecule has 2 aliphatic rings. The second-order valence-electron chi connectivity index (χ2n) is 24.3. The number of nitrogens with one attached hydrogen (secondary N) is 11. The molecule has 5 heterocycles.